The van der Waals surface area contributed by atoms with Crippen molar-refractivity contribution in [2.75, 3.05) is 19.6 Å². The number of piperidine rings is 1. The van der Waals surface area contributed by atoms with Gasteiger partial charge in [0.05, 0.1) is 11.7 Å². The fourth-order valence-electron chi connectivity index (χ4n) is 4.33. The molecule has 2 aliphatic rings. The van der Waals surface area contributed by atoms with Gasteiger partial charge >= 0.3 is 0 Å². The summed E-state index contributed by atoms with van der Waals surface area (Å²) in [5.74, 6) is 0.944. The Bertz CT molecular complexity index is 811. The first-order valence-electron chi connectivity index (χ1n) is 9.92. The number of β-amino-alcohol motifs (C(OH)–C–C–N with tert-alkyl or cyclic N) is 1. The van der Waals surface area contributed by atoms with Gasteiger partial charge in [-0.3, -0.25) is 0 Å². The quantitative estimate of drug-likeness (QED) is 0.870. The molecule has 2 heterocycles. The standard InChI is InChI=1S/C23H29NO3/c1-16-4-3-5-20(12-16)23(26)8-10-24(11-9-23)15-21(25)18-6-7-22-19(14-18)13-17(2)27-22/h3-7,12,14,17,21,25-26H,8-11,13,15H2,1-2H3. The van der Waals surface area contributed by atoms with Crippen molar-refractivity contribution in [3.63, 3.8) is 0 Å². The third-order valence-electron chi connectivity index (χ3n) is 5.97. The van der Waals surface area contributed by atoms with E-state index in [-0.39, 0.29) is 6.10 Å². The minimum Gasteiger partial charge on any atom is -0.490 e. The molecular formula is C23H29NO3. The SMILES string of the molecule is Cc1cccc(C2(O)CCN(CC(O)c3ccc4c(c3)CC(C)O4)CC2)c1. The third-order valence-corrected chi connectivity index (χ3v) is 5.97. The average Bonchev–Trinajstić information content (AvgIpc) is 3.03. The molecule has 4 rings (SSSR count). The van der Waals surface area contributed by atoms with Crippen LogP contribution in [0.25, 0.3) is 0 Å². The van der Waals surface area contributed by atoms with Gasteiger partial charge in [0.1, 0.15) is 11.9 Å². The highest BCUT2D eigenvalue weighted by Crippen LogP contribution is 2.35. The van der Waals surface area contributed by atoms with Gasteiger partial charge in [-0.25, -0.2) is 0 Å². The van der Waals surface area contributed by atoms with E-state index < -0.39 is 11.7 Å². The summed E-state index contributed by atoms with van der Waals surface area (Å²) < 4.78 is 5.74. The number of aliphatic hydroxyl groups excluding tert-OH is 1. The zero-order valence-electron chi connectivity index (χ0n) is 16.2. The first-order valence-corrected chi connectivity index (χ1v) is 9.92. The highest BCUT2D eigenvalue weighted by molar-refractivity contribution is 5.41. The lowest BCUT2D eigenvalue weighted by atomic mass is 9.83. The van der Waals surface area contributed by atoms with E-state index >= 15 is 0 Å². The van der Waals surface area contributed by atoms with Crippen molar-refractivity contribution in [2.24, 2.45) is 0 Å². The number of aliphatic hydroxyl groups is 2. The Hall–Kier alpha value is -1.88. The summed E-state index contributed by atoms with van der Waals surface area (Å²) in [7, 11) is 0. The van der Waals surface area contributed by atoms with Crippen molar-refractivity contribution >= 4 is 0 Å². The Morgan fingerprint density at radius 1 is 1.19 bits per heavy atom. The molecule has 0 amide bonds. The minimum absolute atomic E-state index is 0.216. The van der Waals surface area contributed by atoms with E-state index in [1.165, 1.54) is 11.1 Å². The molecule has 2 atom stereocenters. The van der Waals surface area contributed by atoms with Crippen LogP contribution in [-0.4, -0.2) is 40.9 Å². The Morgan fingerprint density at radius 3 is 2.70 bits per heavy atom. The molecule has 2 aromatic rings. The number of ether oxygens (including phenoxy) is 1. The second kappa shape index (κ2) is 7.27. The van der Waals surface area contributed by atoms with Crippen molar-refractivity contribution in [3.8, 4) is 5.75 Å². The van der Waals surface area contributed by atoms with E-state index in [0.29, 0.717) is 19.4 Å². The van der Waals surface area contributed by atoms with Crippen LogP contribution in [0.5, 0.6) is 5.75 Å². The molecule has 2 aliphatic heterocycles. The van der Waals surface area contributed by atoms with Gasteiger partial charge in [0, 0.05) is 26.1 Å². The molecule has 2 N–H and O–H groups in total. The molecule has 1 fully saturated rings. The minimum atomic E-state index is -0.755. The molecule has 0 spiro atoms. The van der Waals surface area contributed by atoms with Gasteiger partial charge in [-0.15, -0.1) is 0 Å². The second-order valence-electron chi connectivity index (χ2n) is 8.22. The Kier molecular flexibility index (Phi) is 4.97. The molecule has 0 bridgehead atoms. The van der Waals surface area contributed by atoms with Crippen molar-refractivity contribution in [1.82, 2.24) is 4.90 Å². The van der Waals surface area contributed by atoms with E-state index in [2.05, 4.69) is 36.9 Å². The van der Waals surface area contributed by atoms with Gasteiger partial charge in [-0.1, -0.05) is 35.9 Å². The zero-order chi connectivity index (χ0) is 19.0. The molecule has 4 heteroatoms. The number of aryl methyl sites for hydroxylation is 1. The fourth-order valence-corrected chi connectivity index (χ4v) is 4.33. The number of rotatable bonds is 4. The molecule has 0 radical (unpaired) electrons. The third kappa shape index (κ3) is 3.88. The number of hydrogen-bond donors (Lipinski definition) is 2. The monoisotopic (exact) mass is 367 g/mol. The highest BCUT2D eigenvalue weighted by Gasteiger charge is 2.34. The molecule has 4 nitrogen and oxygen atoms in total. The van der Waals surface area contributed by atoms with Gasteiger partial charge in [0.25, 0.3) is 0 Å². The van der Waals surface area contributed by atoms with Gasteiger partial charge < -0.3 is 19.8 Å². The molecular weight excluding hydrogens is 338 g/mol. The lowest BCUT2D eigenvalue weighted by Crippen LogP contribution is -2.44. The maximum atomic E-state index is 11.1. The van der Waals surface area contributed by atoms with Gasteiger partial charge in [-0.05, 0) is 55.5 Å². The number of likely N-dealkylation sites (tertiary alicyclic amines) is 1. The summed E-state index contributed by atoms with van der Waals surface area (Å²) in [6.45, 7) is 6.29. The van der Waals surface area contributed by atoms with Gasteiger partial charge in [-0.2, -0.15) is 0 Å². The lowest BCUT2D eigenvalue weighted by molar-refractivity contribution is -0.0345. The van der Waals surface area contributed by atoms with Crippen molar-refractivity contribution in [1.29, 1.82) is 0 Å². The average molecular weight is 367 g/mol. The van der Waals surface area contributed by atoms with Crippen LogP contribution in [0.15, 0.2) is 42.5 Å². The Morgan fingerprint density at radius 2 is 1.96 bits per heavy atom. The number of nitrogens with zero attached hydrogens (tertiary/aromatic N) is 1. The summed E-state index contributed by atoms with van der Waals surface area (Å²) in [5, 5.41) is 21.8. The van der Waals surface area contributed by atoms with Gasteiger partial charge in [0.2, 0.25) is 0 Å². The number of fused-ring (bicyclic) bond motifs is 1. The topological polar surface area (TPSA) is 52.9 Å². The van der Waals surface area contributed by atoms with E-state index in [1.807, 2.05) is 24.3 Å². The first kappa shape index (κ1) is 18.5. The van der Waals surface area contributed by atoms with Crippen LogP contribution >= 0.6 is 0 Å². The summed E-state index contributed by atoms with van der Waals surface area (Å²) in [4.78, 5) is 2.25. The van der Waals surface area contributed by atoms with Crippen LogP contribution in [0.3, 0.4) is 0 Å². The Labute approximate surface area is 161 Å². The van der Waals surface area contributed by atoms with Crippen LogP contribution in [-0.2, 0) is 12.0 Å². The predicted octanol–water partition coefficient (Wildman–Crippen LogP) is 3.34. The summed E-state index contributed by atoms with van der Waals surface area (Å²) in [5.41, 5.74) is 3.57. The van der Waals surface area contributed by atoms with Crippen LogP contribution in [0, 0.1) is 6.92 Å². The molecule has 2 aromatic carbocycles. The summed E-state index contributed by atoms with van der Waals surface area (Å²) >= 11 is 0. The van der Waals surface area contributed by atoms with Crippen LogP contribution in [0.4, 0.5) is 0 Å². The van der Waals surface area contributed by atoms with Crippen LogP contribution in [0.1, 0.15) is 48.1 Å². The molecule has 1 saturated heterocycles. The van der Waals surface area contributed by atoms with E-state index in [9.17, 15) is 10.2 Å². The van der Waals surface area contributed by atoms with Crippen LogP contribution < -0.4 is 4.74 Å². The van der Waals surface area contributed by atoms with Gasteiger partial charge in [0.15, 0.2) is 0 Å². The molecule has 0 aliphatic carbocycles. The molecule has 144 valence electrons. The van der Waals surface area contributed by atoms with Crippen molar-refractivity contribution in [3.05, 3.63) is 64.7 Å². The molecule has 2 unspecified atom stereocenters. The smallest absolute Gasteiger partial charge is 0.123 e. The van der Waals surface area contributed by atoms with Crippen molar-refractivity contribution in [2.45, 2.75) is 50.9 Å². The second-order valence-corrected chi connectivity index (χ2v) is 8.22. The van der Waals surface area contributed by atoms with E-state index in [4.69, 9.17) is 4.74 Å². The summed E-state index contributed by atoms with van der Waals surface area (Å²) in [6.07, 6.45) is 1.99. The largest absolute Gasteiger partial charge is 0.490 e. The maximum Gasteiger partial charge on any atom is 0.123 e. The molecule has 0 saturated carbocycles. The lowest BCUT2D eigenvalue weighted by Gasteiger charge is -2.39. The number of benzene rings is 2. The maximum absolute atomic E-state index is 11.1. The first-order chi connectivity index (χ1) is 12.9. The Balaban J connectivity index is 1.37. The van der Waals surface area contributed by atoms with E-state index in [0.717, 1.165) is 36.4 Å². The molecule has 27 heavy (non-hydrogen) atoms. The summed E-state index contributed by atoms with van der Waals surface area (Å²) in [6, 6.07) is 14.2. The fraction of sp³-hybridized carbons (Fsp3) is 0.478. The number of hydrogen-bond acceptors (Lipinski definition) is 4. The van der Waals surface area contributed by atoms with Crippen LogP contribution in [0.2, 0.25) is 0 Å². The van der Waals surface area contributed by atoms with E-state index in [1.54, 1.807) is 0 Å². The predicted molar refractivity (Wildman–Crippen MR) is 106 cm³/mol. The highest BCUT2D eigenvalue weighted by atomic mass is 16.5. The molecule has 0 aromatic heterocycles. The normalized spacial score (nSPS) is 22.9. The zero-order valence-corrected chi connectivity index (χ0v) is 16.2. The van der Waals surface area contributed by atoms with Crippen molar-refractivity contribution < 1.29 is 14.9 Å².